The predicted molar refractivity (Wildman–Crippen MR) is 118 cm³/mol. The zero-order valence-corrected chi connectivity index (χ0v) is 18.0. The van der Waals surface area contributed by atoms with E-state index in [1.807, 2.05) is 6.92 Å². The van der Waals surface area contributed by atoms with Crippen LogP contribution in [0.15, 0.2) is 36.5 Å². The maximum atomic E-state index is 11.9. The smallest absolute Gasteiger partial charge is 0.233 e. The van der Waals surface area contributed by atoms with E-state index in [9.17, 15) is 9.18 Å². The van der Waals surface area contributed by atoms with Crippen molar-refractivity contribution in [3.63, 3.8) is 0 Å². The van der Waals surface area contributed by atoms with Gasteiger partial charge in [-0.25, -0.2) is 28.8 Å². The average molecular weight is 434 g/mol. The molecule has 0 fully saturated rings. The number of nitrogen functional groups attached to an aromatic ring is 1. The van der Waals surface area contributed by atoms with Crippen LogP contribution in [-0.4, -0.2) is 35.5 Å². The number of rotatable bonds is 3. The summed E-state index contributed by atoms with van der Waals surface area (Å²) in [5.41, 5.74) is 8.82. The molecule has 1 aliphatic heterocycles. The number of nitrogens with two attached hydrogens (primary N) is 1. The van der Waals surface area contributed by atoms with Gasteiger partial charge in [0.05, 0.1) is 17.8 Å². The fourth-order valence-electron chi connectivity index (χ4n) is 3.46. The first-order valence-electron chi connectivity index (χ1n) is 10.3. The number of aromatic nitrogens is 6. The minimum atomic E-state index is -0.354. The second-order valence-corrected chi connectivity index (χ2v) is 7.45. The number of nitrogens with one attached hydrogen (secondary N) is 1. The first kappa shape index (κ1) is 21.3. The first-order valence-corrected chi connectivity index (χ1v) is 10.3. The molecule has 0 spiro atoms. The lowest BCUT2D eigenvalue weighted by Gasteiger charge is -2.08. The molecule has 0 aliphatic carbocycles. The molecule has 1 amide bonds. The molecule has 164 valence electrons. The maximum Gasteiger partial charge on any atom is 0.233 e. The molecule has 10 heteroatoms. The van der Waals surface area contributed by atoms with E-state index in [1.165, 1.54) is 12.1 Å². The monoisotopic (exact) mass is 434 g/mol. The Balaban J connectivity index is 0.000000300. The molecule has 4 heterocycles. The SMILES string of the molecule is CCCc1nc(-c2nc(N)c3c(n2)NC(=O)[C@@H]3C)cn2nc(C)nc12.Fc1ccccc1. The van der Waals surface area contributed by atoms with Crippen LogP contribution < -0.4 is 11.1 Å². The Hall–Kier alpha value is -3.95. The summed E-state index contributed by atoms with van der Waals surface area (Å²) in [6.45, 7) is 5.69. The summed E-state index contributed by atoms with van der Waals surface area (Å²) in [7, 11) is 0. The first-order chi connectivity index (χ1) is 15.4. The summed E-state index contributed by atoms with van der Waals surface area (Å²) in [6, 6.07) is 7.94. The van der Waals surface area contributed by atoms with Gasteiger partial charge in [0, 0.05) is 5.56 Å². The van der Waals surface area contributed by atoms with Crippen molar-refractivity contribution in [2.75, 3.05) is 11.1 Å². The minimum absolute atomic E-state index is 0.130. The molecule has 3 N–H and O–H groups in total. The van der Waals surface area contributed by atoms with Crippen LogP contribution in [0.3, 0.4) is 0 Å². The summed E-state index contributed by atoms with van der Waals surface area (Å²) >= 11 is 0. The molecule has 1 aromatic carbocycles. The minimum Gasteiger partial charge on any atom is -0.383 e. The molecule has 9 nitrogen and oxygen atoms in total. The molecule has 3 aromatic heterocycles. The third kappa shape index (κ3) is 4.11. The van der Waals surface area contributed by atoms with E-state index in [4.69, 9.17) is 5.73 Å². The highest BCUT2D eigenvalue weighted by Gasteiger charge is 2.31. The molecular weight excluding hydrogens is 411 g/mol. The van der Waals surface area contributed by atoms with Crippen LogP contribution in [0.4, 0.5) is 16.0 Å². The van der Waals surface area contributed by atoms with Gasteiger partial charge in [0.15, 0.2) is 11.5 Å². The lowest BCUT2D eigenvalue weighted by atomic mass is 10.1. The number of aryl methyl sites for hydroxylation is 2. The van der Waals surface area contributed by atoms with Crippen LogP contribution in [0.1, 0.15) is 43.3 Å². The Labute approximate surface area is 184 Å². The van der Waals surface area contributed by atoms with Gasteiger partial charge in [-0.05, 0) is 32.4 Å². The van der Waals surface area contributed by atoms with Crippen molar-refractivity contribution in [3.8, 4) is 11.5 Å². The molecule has 0 saturated heterocycles. The number of amides is 1. The van der Waals surface area contributed by atoms with Crippen LogP contribution >= 0.6 is 0 Å². The van der Waals surface area contributed by atoms with Crippen molar-refractivity contribution in [3.05, 3.63) is 59.4 Å². The Kier molecular flexibility index (Phi) is 5.76. The number of fused-ring (bicyclic) bond motifs is 2. The second-order valence-electron chi connectivity index (χ2n) is 7.45. The molecule has 1 atom stereocenters. The molecule has 0 saturated carbocycles. The predicted octanol–water partition coefficient (Wildman–Crippen LogP) is 3.31. The summed E-state index contributed by atoms with van der Waals surface area (Å²) < 4.78 is 13.6. The Morgan fingerprint density at radius 3 is 2.56 bits per heavy atom. The Morgan fingerprint density at radius 1 is 1.16 bits per heavy atom. The van der Waals surface area contributed by atoms with Gasteiger partial charge in [0.2, 0.25) is 5.91 Å². The van der Waals surface area contributed by atoms with E-state index in [2.05, 4.69) is 37.3 Å². The number of halogens is 1. The third-order valence-electron chi connectivity index (χ3n) is 4.99. The molecular formula is C22H23FN8O. The summed E-state index contributed by atoms with van der Waals surface area (Å²) in [4.78, 5) is 29.8. The van der Waals surface area contributed by atoms with Gasteiger partial charge >= 0.3 is 0 Å². The Morgan fingerprint density at radius 2 is 1.91 bits per heavy atom. The van der Waals surface area contributed by atoms with Gasteiger partial charge in [0.25, 0.3) is 0 Å². The van der Waals surface area contributed by atoms with E-state index in [0.717, 1.165) is 24.2 Å². The van der Waals surface area contributed by atoms with Crippen molar-refractivity contribution in [2.24, 2.45) is 0 Å². The lowest BCUT2D eigenvalue weighted by Crippen LogP contribution is -2.09. The number of hydrogen-bond donors (Lipinski definition) is 2. The van der Waals surface area contributed by atoms with E-state index in [-0.39, 0.29) is 17.6 Å². The Bertz CT molecular complexity index is 1290. The van der Waals surface area contributed by atoms with Gasteiger partial charge < -0.3 is 11.1 Å². The van der Waals surface area contributed by atoms with E-state index >= 15 is 0 Å². The number of carbonyl (C=O) groups excluding carboxylic acids is 1. The second kappa shape index (κ2) is 8.66. The highest BCUT2D eigenvalue weighted by molar-refractivity contribution is 6.03. The van der Waals surface area contributed by atoms with Crippen LogP contribution in [-0.2, 0) is 11.2 Å². The molecule has 0 radical (unpaired) electrons. The van der Waals surface area contributed by atoms with Crippen molar-refractivity contribution in [2.45, 2.75) is 39.5 Å². The summed E-state index contributed by atoms with van der Waals surface area (Å²) in [5, 5.41) is 7.12. The topological polar surface area (TPSA) is 124 Å². The fraction of sp³-hybridized carbons (Fsp3) is 0.273. The highest BCUT2D eigenvalue weighted by Crippen LogP contribution is 2.35. The van der Waals surface area contributed by atoms with Crippen molar-refractivity contribution < 1.29 is 9.18 Å². The van der Waals surface area contributed by atoms with Gasteiger partial charge in [0.1, 0.15) is 29.0 Å². The molecule has 0 unspecified atom stereocenters. The zero-order chi connectivity index (χ0) is 22.8. The van der Waals surface area contributed by atoms with Crippen molar-refractivity contribution in [1.82, 2.24) is 29.5 Å². The molecule has 0 bridgehead atoms. The van der Waals surface area contributed by atoms with Crippen molar-refractivity contribution >= 4 is 23.2 Å². The normalized spacial score (nSPS) is 14.6. The third-order valence-corrected chi connectivity index (χ3v) is 4.99. The average Bonchev–Trinajstić information content (AvgIpc) is 3.28. The highest BCUT2D eigenvalue weighted by atomic mass is 19.1. The standard InChI is InChI=1S/C16H18N8O.C6H5F/c1-4-5-9-15-18-8(3)23-24(15)6-10(19-9)13-20-12(17)11-7(2)16(25)22-14(11)21-13;7-6-4-2-1-3-5-6/h6-7H,4-5H2,1-3H3,(H3,17,20,21,22,25);1-5H/t7-;/m1./s1. The van der Waals surface area contributed by atoms with Gasteiger partial charge in [-0.1, -0.05) is 31.5 Å². The quantitative estimate of drug-likeness (QED) is 0.507. The number of anilines is 2. The maximum absolute atomic E-state index is 11.9. The summed E-state index contributed by atoms with van der Waals surface area (Å²) in [6.07, 6.45) is 3.43. The van der Waals surface area contributed by atoms with Gasteiger partial charge in [-0.2, -0.15) is 5.10 Å². The largest absolute Gasteiger partial charge is 0.383 e. The number of hydrogen-bond acceptors (Lipinski definition) is 7. The fourth-order valence-corrected chi connectivity index (χ4v) is 3.46. The lowest BCUT2D eigenvalue weighted by molar-refractivity contribution is -0.116. The summed E-state index contributed by atoms with van der Waals surface area (Å²) in [5.74, 6) is 1.11. The molecule has 32 heavy (non-hydrogen) atoms. The van der Waals surface area contributed by atoms with Crippen LogP contribution in [0.2, 0.25) is 0 Å². The van der Waals surface area contributed by atoms with Gasteiger partial charge in [-0.3, -0.25) is 4.79 Å². The van der Waals surface area contributed by atoms with Crippen molar-refractivity contribution in [1.29, 1.82) is 0 Å². The number of carbonyl (C=O) groups is 1. The van der Waals surface area contributed by atoms with E-state index < -0.39 is 0 Å². The van der Waals surface area contributed by atoms with Gasteiger partial charge in [-0.15, -0.1) is 0 Å². The number of benzene rings is 1. The van der Waals surface area contributed by atoms with E-state index in [1.54, 1.807) is 35.8 Å². The van der Waals surface area contributed by atoms with Crippen LogP contribution in [0, 0.1) is 12.7 Å². The molecule has 5 rings (SSSR count). The molecule has 4 aromatic rings. The zero-order valence-electron chi connectivity index (χ0n) is 18.0. The van der Waals surface area contributed by atoms with Crippen LogP contribution in [0.5, 0.6) is 0 Å². The molecule has 1 aliphatic rings. The van der Waals surface area contributed by atoms with Crippen LogP contribution in [0.25, 0.3) is 17.2 Å². The van der Waals surface area contributed by atoms with E-state index in [0.29, 0.717) is 34.5 Å². The number of nitrogens with zero attached hydrogens (tertiary/aromatic N) is 6.